The number of carbonyl (C=O) groups is 2. The van der Waals surface area contributed by atoms with E-state index in [1.165, 1.54) is 30.1 Å². The van der Waals surface area contributed by atoms with Crippen molar-refractivity contribution in [3.8, 4) is 0 Å². The molecule has 0 saturated heterocycles. The van der Waals surface area contributed by atoms with Gasteiger partial charge in [-0.05, 0) is 13.3 Å². The zero-order valence-electron chi connectivity index (χ0n) is 12.0. The molecular formula is C11H19N5O3S2. The van der Waals surface area contributed by atoms with Crippen molar-refractivity contribution in [2.45, 2.75) is 17.7 Å². The number of ether oxygens (including phenoxy) is 1. The van der Waals surface area contributed by atoms with Gasteiger partial charge in [-0.3, -0.25) is 10.1 Å². The summed E-state index contributed by atoms with van der Waals surface area (Å²) in [5.74, 6) is -0.257. The van der Waals surface area contributed by atoms with Crippen LogP contribution in [0, 0.1) is 0 Å². The lowest BCUT2D eigenvalue weighted by molar-refractivity contribution is -0.117. The number of amides is 3. The van der Waals surface area contributed by atoms with E-state index in [1.54, 1.807) is 0 Å². The van der Waals surface area contributed by atoms with Crippen LogP contribution in [0.2, 0.25) is 0 Å². The second kappa shape index (κ2) is 10.4. The van der Waals surface area contributed by atoms with E-state index in [2.05, 4.69) is 26.1 Å². The first-order chi connectivity index (χ1) is 10.2. The quantitative estimate of drug-likeness (QED) is 0.456. The molecule has 10 heteroatoms. The molecule has 118 valence electrons. The fourth-order valence-electron chi connectivity index (χ4n) is 1.21. The van der Waals surface area contributed by atoms with E-state index in [0.717, 1.165) is 19.6 Å². The standard InChI is InChI=1S/C11H19N5O3S2/c1-3-19-6-4-5-13-10-15-16-11(21-10)20-7-8(17)14-9(18)12-2/h3-7H2,1-2H3,(H,13,15)(H2,12,14,17,18). The molecule has 0 aliphatic carbocycles. The molecule has 21 heavy (non-hydrogen) atoms. The van der Waals surface area contributed by atoms with Crippen LogP contribution < -0.4 is 16.0 Å². The average molecular weight is 333 g/mol. The van der Waals surface area contributed by atoms with Gasteiger partial charge in [-0.25, -0.2) is 4.79 Å². The van der Waals surface area contributed by atoms with E-state index < -0.39 is 6.03 Å². The summed E-state index contributed by atoms with van der Waals surface area (Å²) in [5, 5.41) is 16.3. The minimum Gasteiger partial charge on any atom is -0.382 e. The van der Waals surface area contributed by atoms with Crippen molar-refractivity contribution in [2.24, 2.45) is 0 Å². The van der Waals surface area contributed by atoms with Crippen molar-refractivity contribution in [2.75, 3.05) is 37.9 Å². The van der Waals surface area contributed by atoms with Crippen molar-refractivity contribution >= 4 is 40.2 Å². The van der Waals surface area contributed by atoms with Crippen LogP contribution in [0.4, 0.5) is 9.93 Å². The molecule has 0 aliphatic heterocycles. The van der Waals surface area contributed by atoms with Crippen LogP contribution in [0.3, 0.4) is 0 Å². The monoisotopic (exact) mass is 333 g/mol. The Labute approximate surface area is 131 Å². The summed E-state index contributed by atoms with van der Waals surface area (Å²) in [6.45, 7) is 4.15. The normalized spacial score (nSPS) is 10.2. The maximum atomic E-state index is 11.4. The second-order valence-electron chi connectivity index (χ2n) is 3.77. The molecule has 0 unspecified atom stereocenters. The Balaban J connectivity index is 2.22. The van der Waals surface area contributed by atoms with Gasteiger partial charge in [-0.15, -0.1) is 10.2 Å². The molecule has 3 N–H and O–H groups in total. The number of imide groups is 1. The van der Waals surface area contributed by atoms with Gasteiger partial charge in [0.25, 0.3) is 0 Å². The Kier molecular flexibility index (Phi) is 8.71. The van der Waals surface area contributed by atoms with Gasteiger partial charge in [-0.2, -0.15) is 0 Å². The Morgan fingerprint density at radius 1 is 1.38 bits per heavy atom. The number of thioether (sulfide) groups is 1. The van der Waals surface area contributed by atoms with Crippen molar-refractivity contribution in [1.82, 2.24) is 20.8 Å². The molecule has 0 bridgehead atoms. The molecule has 1 aromatic rings. The molecule has 0 spiro atoms. The van der Waals surface area contributed by atoms with Crippen molar-refractivity contribution in [1.29, 1.82) is 0 Å². The minimum atomic E-state index is -0.519. The van der Waals surface area contributed by atoms with E-state index >= 15 is 0 Å². The number of hydrogen-bond donors (Lipinski definition) is 3. The largest absolute Gasteiger partial charge is 0.382 e. The first kappa shape index (κ1) is 17.7. The molecule has 1 heterocycles. The Bertz CT molecular complexity index is 455. The fraction of sp³-hybridized carbons (Fsp3) is 0.636. The lowest BCUT2D eigenvalue weighted by Crippen LogP contribution is -2.38. The molecule has 3 amide bonds. The van der Waals surface area contributed by atoms with Crippen molar-refractivity contribution < 1.29 is 14.3 Å². The molecule has 0 atom stereocenters. The number of rotatable bonds is 9. The Hall–Kier alpha value is -1.39. The van der Waals surface area contributed by atoms with Crippen LogP contribution in [0.15, 0.2) is 4.34 Å². The lowest BCUT2D eigenvalue weighted by atomic mass is 10.4. The van der Waals surface area contributed by atoms with E-state index in [9.17, 15) is 9.59 Å². The number of urea groups is 1. The van der Waals surface area contributed by atoms with E-state index in [4.69, 9.17) is 4.74 Å². The van der Waals surface area contributed by atoms with Gasteiger partial charge in [-0.1, -0.05) is 23.1 Å². The van der Waals surface area contributed by atoms with E-state index in [1.807, 2.05) is 6.92 Å². The number of hydrogen-bond acceptors (Lipinski definition) is 8. The molecule has 0 aliphatic rings. The van der Waals surface area contributed by atoms with E-state index in [0.29, 0.717) is 16.1 Å². The summed E-state index contributed by atoms with van der Waals surface area (Å²) in [5.41, 5.74) is 0. The van der Waals surface area contributed by atoms with Crippen LogP contribution in [-0.2, 0) is 9.53 Å². The maximum Gasteiger partial charge on any atom is 0.321 e. The number of carbonyl (C=O) groups excluding carboxylic acids is 2. The molecular weight excluding hydrogens is 314 g/mol. The first-order valence-electron chi connectivity index (χ1n) is 6.45. The second-order valence-corrected chi connectivity index (χ2v) is 5.97. The zero-order valence-corrected chi connectivity index (χ0v) is 13.6. The first-order valence-corrected chi connectivity index (χ1v) is 8.25. The molecule has 1 aromatic heterocycles. The summed E-state index contributed by atoms with van der Waals surface area (Å²) >= 11 is 2.61. The van der Waals surface area contributed by atoms with Crippen molar-refractivity contribution in [3.05, 3.63) is 0 Å². The zero-order chi connectivity index (χ0) is 15.5. The molecule has 8 nitrogen and oxygen atoms in total. The highest BCUT2D eigenvalue weighted by Crippen LogP contribution is 2.25. The molecule has 1 rings (SSSR count). The topological polar surface area (TPSA) is 105 Å². The Morgan fingerprint density at radius 2 is 2.19 bits per heavy atom. The predicted octanol–water partition coefficient (Wildman–Crippen LogP) is 0.924. The van der Waals surface area contributed by atoms with Gasteiger partial charge in [0.2, 0.25) is 11.0 Å². The van der Waals surface area contributed by atoms with Gasteiger partial charge in [0.15, 0.2) is 4.34 Å². The summed E-state index contributed by atoms with van der Waals surface area (Å²) in [6.07, 6.45) is 0.893. The van der Waals surface area contributed by atoms with Crippen LogP contribution >= 0.6 is 23.1 Å². The lowest BCUT2D eigenvalue weighted by Gasteiger charge is -2.01. The number of anilines is 1. The molecule has 0 saturated carbocycles. The Morgan fingerprint density at radius 3 is 2.90 bits per heavy atom. The van der Waals surface area contributed by atoms with Crippen LogP contribution in [0.25, 0.3) is 0 Å². The van der Waals surface area contributed by atoms with Crippen molar-refractivity contribution in [3.63, 3.8) is 0 Å². The third-order valence-electron chi connectivity index (χ3n) is 2.16. The fourth-order valence-corrected chi connectivity index (χ4v) is 2.78. The van der Waals surface area contributed by atoms with Crippen LogP contribution in [0.1, 0.15) is 13.3 Å². The van der Waals surface area contributed by atoms with Gasteiger partial charge in [0, 0.05) is 26.8 Å². The third-order valence-corrected chi connectivity index (χ3v) is 4.17. The summed E-state index contributed by atoms with van der Waals surface area (Å²) in [6, 6.07) is -0.519. The van der Waals surface area contributed by atoms with Crippen LogP contribution in [-0.4, -0.2) is 54.7 Å². The third kappa shape index (κ3) is 7.83. The van der Waals surface area contributed by atoms with Gasteiger partial charge >= 0.3 is 6.03 Å². The van der Waals surface area contributed by atoms with Gasteiger partial charge < -0.3 is 15.4 Å². The van der Waals surface area contributed by atoms with Crippen LogP contribution in [0.5, 0.6) is 0 Å². The number of nitrogens with one attached hydrogen (secondary N) is 3. The highest BCUT2D eigenvalue weighted by Gasteiger charge is 2.09. The highest BCUT2D eigenvalue weighted by atomic mass is 32.2. The highest BCUT2D eigenvalue weighted by molar-refractivity contribution is 8.01. The van der Waals surface area contributed by atoms with E-state index in [-0.39, 0.29) is 11.7 Å². The van der Waals surface area contributed by atoms with Gasteiger partial charge in [0.05, 0.1) is 5.75 Å². The number of nitrogens with zero attached hydrogens (tertiary/aromatic N) is 2. The summed E-state index contributed by atoms with van der Waals surface area (Å²) in [7, 11) is 1.45. The SMILES string of the molecule is CCOCCCNc1nnc(SCC(=O)NC(=O)NC)s1. The number of aromatic nitrogens is 2. The summed E-state index contributed by atoms with van der Waals surface area (Å²) < 4.78 is 5.90. The summed E-state index contributed by atoms with van der Waals surface area (Å²) in [4.78, 5) is 22.3. The molecule has 0 aromatic carbocycles. The molecule has 0 fully saturated rings. The molecule has 0 radical (unpaired) electrons. The average Bonchev–Trinajstić information content (AvgIpc) is 2.92. The minimum absolute atomic E-state index is 0.117. The predicted molar refractivity (Wildman–Crippen MR) is 82.8 cm³/mol. The van der Waals surface area contributed by atoms with Gasteiger partial charge in [0.1, 0.15) is 0 Å². The maximum absolute atomic E-state index is 11.4. The smallest absolute Gasteiger partial charge is 0.321 e.